The SMILES string of the molecule is COc1ccccc1C1(C(C)F)CCCC1. The maximum Gasteiger partial charge on any atom is 0.122 e. The maximum atomic E-state index is 14.0. The lowest BCUT2D eigenvalue weighted by Gasteiger charge is -2.32. The molecule has 88 valence electrons. The van der Waals surface area contributed by atoms with E-state index in [-0.39, 0.29) is 5.41 Å². The van der Waals surface area contributed by atoms with Crippen LogP contribution < -0.4 is 4.74 Å². The smallest absolute Gasteiger partial charge is 0.122 e. The molecule has 0 saturated heterocycles. The van der Waals surface area contributed by atoms with Crippen LogP contribution in [0.4, 0.5) is 4.39 Å². The number of para-hydroxylation sites is 1. The minimum atomic E-state index is -0.814. The minimum absolute atomic E-state index is 0.313. The molecule has 0 N–H and O–H groups in total. The van der Waals surface area contributed by atoms with E-state index < -0.39 is 6.17 Å². The Labute approximate surface area is 96.6 Å². The highest BCUT2D eigenvalue weighted by molar-refractivity contribution is 5.41. The zero-order valence-corrected chi connectivity index (χ0v) is 10.0. The fourth-order valence-corrected chi connectivity index (χ4v) is 2.94. The molecule has 1 atom stereocenters. The molecule has 1 aromatic carbocycles. The molecule has 1 nitrogen and oxygen atoms in total. The number of benzene rings is 1. The van der Waals surface area contributed by atoms with Gasteiger partial charge in [0.25, 0.3) is 0 Å². The van der Waals surface area contributed by atoms with Crippen LogP contribution in [0.15, 0.2) is 24.3 Å². The molecule has 1 aliphatic rings. The third kappa shape index (κ3) is 1.70. The molecule has 1 aliphatic carbocycles. The van der Waals surface area contributed by atoms with Gasteiger partial charge in [0.2, 0.25) is 0 Å². The van der Waals surface area contributed by atoms with Crippen molar-refractivity contribution in [3.63, 3.8) is 0 Å². The number of alkyl halides is 1. The largest absolute Gasteiger partial charge is 0.496 e. The minimum Gasteiger partial charge on any atom is -0.496 e. The molecule has 0 amide bonds. The fraction of sp³-hybridized carbons (Fsp3) is 0.571. The van der Waals surface area contributed by atoms with Crippen LogP contribution in [0.2, 0.25) is 0 Å². The molecule has 0 spiro atoms. The highest BCUT2D eigenvalue weighted by Gasteiger charge is 2.42. The van der Waals surface area contributed by atoms with Crippen molar-refractivity contribution in [3.05, 3.63) is 29.8 Å². The molecule has 1 aromatic rings. The molecule has 16 heavy (non-hydrogen) atoms. The van der Waals surface area contributed by atoms with Crippen molar-refractivity contribution in [1.82, 2.24) is 0 Å². The molecule has 1 unspecified atom stereocenters. The van der Waals surface area contributed by atoms with Crippen molar-refractivity contribution < 1.29 is 9.13 Å². The summed E-state index contributed by atoms with van der Waals surface area (Å²) in [7, 11) is 1.66. The highest BCUT2D eigenvalue weighted by atomic mass is 19.1. The van der Waals surface area contributed by atoms with Gasteiger partial charge in [-0.3, -0.25) is 0 Å². The van der Waals surface area contributed by atoms with E-state index in [1.165, 1.54) is 0 Å². The predicted molar refractivity (Wildman–Crippen MR) is 63.7 cm³/mol. The first-order chi connectivity index (χ1) is 7.70. The predicted octanol–water partition coefficient (Wildman–Crippen LogP) is 3.87. The highest BCUT2D eigenvalue weighted by Crippen LogP contribution is 2.47. The van der Waals surface area contributed by atoms with Gasteiger partial charge in [-0.15, -0.1) is 0 Å². The molecule has 2 rings (SSSR count). The lowest BCUT2D eigenvalue weighted by atomic mass is 9.75. The van der Waals surface area contributed by atoms with Crippen molar-refractivity contribution in [2.24, 2.45) is 0 Å². The van der Waals surface area contributed by atoms with Crippen molar-refractivity contribution in [2.75, 3.05) is 7.11 Å². The molecule has 0 radical (unpaired) electrons. The van der Waals surface area contributed by atoms with Gasteiger partial charge in [0.1, 0.15) is 11.9 Å². The van der Waals surface area contributed by atoms with Crippen LogP contribution in [0.5, 0.6) is 5.75 Å². The van der Waals surface area contributed by atoms with Crippen LogP contribution in [0.25, 0.3) is 0 Å². The van der Waals surface area contributed by atoms with Crippen LogP contribution >= 0.6 is 0 Å². The molecular formula is C14H19FO. The summed E-state index contributed by atoms with van der Waals surface area (Å²) in [4.78, 5) is 0. The van der Waals surface area contributed by atoms with Crippen molar-refractivity contribution >= 4 is 0 Å². The molecule has 0 aromatic heterocycles. The molecule has 2 heteroatoms. The van der Waals surface area contributed by atoms with E-state index in [9.17, 15) is 4.39 Å². The second-order valence-corrected chi connectivity index (χ2v) is 4.68. The Morgan fingerprint density at radius 2 is 1.88 bits per heavy atom. The Kier molecular flexibility index (Phi) is 3.17. The number of hydrogen-bond donors (Lipinski definition) is 0. The third-order valence-electron chi connectivity index (χ3n) is 3.90. The average molecular weight is 222 g/mol. The Morgan fingerprint density at radius 3 is 2.44 bits per heavy atom. The van der Waals surface area contributed by atoms with Crippen molar-refractivity contribution in [3.8, 4) is 5.75 Å². The molecule has 1 fully saturated rings. The van der Waals surface area contributed by atoms with Gasteiger partial charge in [-0.05, 0) is 25.8 Å². The summed E-state index contributed by atoms with van der Waals surface area (Å²) in [5, 5.41) is 0. The summed E-state index contributed by atoms with van der Waals surface area (Å²) in [5.74, 6) is 0.828. The number of rotatable bonds is 3. The van der Waals surface area contributed by atoms with E-state index in [0.29, 0.717) is 0 Å². The molecule has 0 aliphatic heterocycles. The van der Waals surface area contributed by atoms with E-state index in [4.69, 9.17) is 4.74 Å². The van der Waals surface area contributed by atoms with E-state index in [1.54, 1.807) is 14.0 Å². The van der Waals surface area contributed by atoms with Crippen molar-refractivity contribution in [1.29, 1.82) is 0 Å². The standard InChI is InChI=1S/C14H19FO/c1-11(15)14(9-5-6-10-14)12-7-3-4-8-13(12)16-2/h3-4,7-8,11H,5-6,9-10H2,1-2H3. The zero-order valence-electron chi connectivity index (χ0n) is 10.0. The second-order valence-electron chi connectivity index (χ2n) is 4.68. The lowest BCUT2D eigenvalue weighted by Crippen LogP contribution is -2.32. The van der Waals surface area contributed by atoms with E-state index in [1.807, 2.05) is 24.3 Å². The molecule has 1 saturated carbocycles. The number of hydrogen-bond acceptors (Lipinski definition) is 1. The third-order valence-corrected chi connectivity index (χ3v) is 3.90. The molecule has 0 bridgehead atoms. The Bertz CT molecular complexity index is 354. The summed E-state index contributed by atoms with van der Waals surface area (Å²) >= 11 is 0. The average Bonchev–Trinajstić information content (AvgIpc) is 2.79. The monoisotopic (exact) mass is 222 g/mol. The Hall–Kier alpha value is -1.05. The molecule has 0 heterocycles. The van der Waals surface area contributed by atoms with Gasteiger partial charge in [0, 0.05) is 11.0 Å². The first-order valence-corrected chi connectivity index (χ1v) is 5.98. The van der Waals surface area contributed by atoms with Crippen LogP contribution in [-0.2, 0) is 5.41 Å². The topological polar surface area (TPSA) is 9.23 Å². The van der Waals surface area contributed by atoms with Gasteiger partial charge in [0.15, 0.2) is 0 Å². The van der Waals surface area contributed by atoms with Crippen LogP contribution in [-0.4, -0.2) is 13.3 Å². The van der Waals surface area contributed by atoms with Crippen molar-refractivity contribution in [2.45, 2.75) is 44.2 Å². The van der Waals surface area contributed by atoms with Crippen LogP contribution in [0, 0.1) is 0 Å². The van der Waals surface area contributed by atoms with Gasteiger partial charge < -0.3 is 4.74 Å². The second kappa shape index (κ2) is 4.44. The van der Waals surface area contributed by atoms with Crippen LogP contribution in [0.1, 0.15) is 38.2 Å². The number of methoxy groups -OCH3 is 1. The van der Waals surface area contributed by atoms with E-state index in [2.05, 4.69) is 0 Å². The number of ether oxygens (including phenoxy) is 1. The lowest BCUT2D eigenvalue weighted by molar-refractivity contribution is 0.201. The summed E-state index contributed by atoms with van der Waals surface area (Å²) in [6.07, 6.45) is 3.29. The summed E-state index contributed by atoms with van der Waals surface area (Å²) in [6.45, 7) is 1.68. The van der Waals surface area contributed by atoms with E-state index >= 15 is 0 Å². The Balaban J connectivity index is 2.46. The molecular weight excluding hydrogens is 203 g/mol. The first kappa shape index (κ1) is 11.4. The maximum absolute atomic E-state index is 14.0. The Morgan fingerprint density at radius 1 is 1.25 bits per heavy atom. The van der Waals surface area contributed by atoms with Crippen LogP contribution in [0.3, 0.4) is 0 Å². The summed E-state index contributed by atoms with van der Waals surface area (Å²) in [6, 6.07) is 7.85. The quantitative estimate of drug-likeness (QED) is 0.754. The zero-order chi connectivity index (χ0) is 11.6. The van der Waals surface area contributed by atoms with Gasteiger partial charge in [0.05, 0.1) is 7.11 Å². The van der Waals surface area contributed by atoms with Gasteiger partial charge in [-0.1, -0.05) is 31.0 Å². The first-order valence-electron chi connectivity index (χ1n) is 5.98. The number of halogens is 1. The van der Waals surface area contributed by atoms with Gasteiger partial charge >= 0.3 is 0 Å². The van der Waals surface area contributed by atoms with Gasteiger partial charge in [-0.2, -0.15) is 0 Å². The fourth-order valence-electron chi connectivity index (χ4n) is 2.94. The normalized spacial score (nSPS) is 20.7. The summed E-state index contributed by atoms with van der Waals surface area (Å²) in [5.41, 5.74) is 0.733. The summed E-state index contributed by atoms with van der Waals surface area (Å²) < 4.78 is 19.4. The van der Waals surface area contributed by atoms with E-state index in [0.717, 1.165) is 37.0 Å². The van der Waals surface area contributed by atoms with Gasteiger partial charge in [-0.25, -0.2) is 4.39 Å².